The van der Waals surface area contributed by atoms with Crippen molar-refractivity contribution in [2.24, 2.45) is 0 Å². The first-order valence-electron chi connectivity index (χ1n) is 7.49. The van der Waals surface area contributed by atoms with Gasteiger partial charge in [0.15, 0.2) is 6.29 Å². The summed E-state index contributed by atoms with van der Waals surface area (Å²) < 4.78 is 11.0. The van der Waals surface area contributed by atoms with Gasteiger partial charge in [0, 0.05) is 23.6 Å². The molecule has 0 N–H and O–H groups in total. The molecule has 2 heterocycles. The van der Waals surface area contributed by atoms with E-state index in [1.165, 1.54) is 25.7 Å². The first-order chi connectivity index (χ1) is 9.34. The summed E-state index contributed by atoms with van der Waals surface area (Å²) in [5, 5.41) is 0.666. The van der Waals surface area contributed by atoms with Crippen LogP contribution in [0.3, 0.4) is 0 Å². The van der Waals surface area contributed by atoms with E-state index < -0.39 is 0 Å². The first kappa shape index (κ1) is 13.7. The molecule has 0 radical (unpaired) electrons. The van der Waals surface area contributed by atoms with Crippen molar-refractivity contribution in [3.8, 4) is 0 Å². The maximum absolute atomic E-state index is 12.5. The van der Waals surface area contributed by atoms with E-state index in [0.29, 0.717) is 17.7 Å². The average molecular weight is 285 g/mol. The van der Waals surface area contributed by atoms with Gasteiger partial charge in [-0.25, -0.2) is 0 Å². The van der Waals surface area contributed by atoms with Gasteiger partial charge >= 0.3 is 0 Å². The largest absolute Gasteiger partial charge is 0.352 e. The Hall–Kier alpha value is -0.260. The minimum Gasteiger partial charge on any atom is -0.352 e. The molecular formula is C14H23NO3S. The molecule has 4 nitrogen and oxygen atoms in total. The van der Waals surface area contributed by atoms with Crippen LogP contribution in [0.15, 0.2) is 0 Å². The van der Waals surface area contributed by atoms with Crippen LogP contribution in [-0.4, -0.2) is 53.9 Å². The van der Waals surface area contributed by atoms with Gasteiger partial charge in [0.25, 0.3) is 0 Å². The Morgan fingerprint density at radius 1 is 1.16 bits per heavy atom. The summed E-state index contributed by atoms with van der Waals surface area (Å²) in [6, 6.07) is 0.462. The predicted octanol–water partition coefficient (Wildman–Crippen LogP) is 2.03. The van der Waals surface area contributed by atoms with Crippen LogP contribution in [0.2, 0.25) is 0 Å². The highest BCUT2D eigenvalue weighted by atomic mass is 32.2. The van der Waals surface area contributed by atoms with Gasteiger partial charge in [0.2, 0.25) is 5.91 Å². The van der Waals surface area contributed by atoms with Crippen LogP contribution in [0, 0.1) is 0 Å². The zero-order valence-corrected chi connectivity index (χ0v) is 12.2. The van der Waals surface area contributed by atoms with Gasteiger partial charge in [0.05, 0.1) is 19.6 Å². The standard InChI is InChI=1S/C14H23NO3S/c16-13(10-14-17-7-3-8-18-14)15-6-9-19-12-5-2-1-4-11(12)15/h11-12,14H,1-10H2/t11-,12-/m1/s1. The van der Waals surface area contributed by atoms with Crippen molar-refractivity contribution in [1.29, 1.82) is 0 Å². The smallest absolute Gasteiger partial charge is 0.228 e. The van der Waals surface area contributed by atoms with Crippen LogP contribution in [0.4, 0.5) is 0 Å². The van der Waals surface area contributed by atoms with Gasteiger partial charge in [-0.05, 0) is 19.3 Å². The number of thioether (sulfide) groups is 1. The zero-order valence-electron chi connectivity index (χ0n) is 11.4. The fraction of sp³-hybridized carbons (Fsp3) is 0.929. The molecule has 2 aliphatic heterocycles. The zero-order chi connectivity index (χ0) is 13.1. The van der Waals surface area contributed by atoms with E-state index in [1.54, 1.807) is 0 Å². The van der Waals surface area contributed by atoms with Crippen molar-refractivity contribution in [1.82, 2.24) is 4.90 Å². The van der Waals surface area contributed by atoms with Gasteiger partial charge in [0.1, 0.15) is 0 Å². The van der Waals surface area contributed by atoms with E-state index in [9.17, 15) is 4.79 Å². The number of nitrogens with zero attached hydrogens (tertiary/aromatic N) is 1. The Balaban J connectivity index is 1.58. The molecule has 108 valence electrons. The summed E-state index contributed by atoms with van der Waals surface area (Å²) in [6.45, 7) is 2.34. The summed E-state index contributed by atoms with van der Waals surface area (Å²) in [6.07, 6.45) is 6.07. The molecule has 0 aromatic carbocycles. The SMILES string of the molecule is O=C(CC1OCCCO1)N1CCS[C@@H]2CCCC[C@H]21. The predicted molar refractivity (Wildman–Crippen MR) is 75.1 cm³/mol. The number of rotatable bonds is 2. The molecule has 0 unspecified atom stereocenters. The molecule has 5 heteroatoms. The van der Waals surface area contributed by atoms with E-state index >= 15 is 0 Å². The van der Waals surface area contributed by atoms with Gasteiger partial charge in [-0.15, -0.1) is 0 Å². The lowest BCUT2D eigenvalue weighted by Crippen LogP contribution is -2.52. The summed E-state index contributed by atoms with van der Waals surface area (Å²) in [5.41, 5.74) is 0. The van der Waals surface area contributed by atoms with Crippen molar-refractivity contribution in [3.63, 3.8) is 0 Å². The van der Waals surface area contributed by atoms with E-state index in [2.05, 4.69) is 16.7 Å². The highest BCUT2D eigenvalue weighted by Gasteiger charge is 2.37. The van der Waals surface area contributed by atoms with E-state index in [1.807, 2.05) is 0 Å². The molecule has 3 aliphatic rings. The molecule has 3 fully saturated rings. The second-order valence-electron chi connectivity index (χ2n) is 5.58. The van der Waals surface area contributed by atoms with Crippen LogP contribution in [0.5, 0.6) is 0 Å². The Morgan fingerprint density at radius 3 is 2.79 bits per heavy atom. The molecule has 1 amide bonds. The van der Waals surface area contributed by atoms with Crippen LogP contribution in [-0.2, 0) is 14.3 Å². The number of hydrogen-bond acceptors (Lipinski definition) is 4. The molecule has 2 saturated heterocycles. The molecule has 0 aromatic heterocycles. The lowest BCUT2D eigenvalue weighted by molar-refractivity contribution is -0.187. The molecule has 0 bridgehead atoms. The number of carbonyl (C=O) groups is 1. The van der Waals surface area contributed by atoms with Crippen molar-refractivity contribution in [2.75, 3.05) is 25.5 Å². The molecule has 0 spiro atoms. The van der Waals surface area contributed by atoms with E-state index in [-0.39, 0.29) is 12.2 Å². The van der Waals surface area contributed by atoms with Crippen molar-refractivity contribution < 1.29 is 14.3 Å². The summed E-state index contributed by atoms with van der Waals surface area (Å²) >= 11 is 2.06. The maximum atomic E-state index is 12.5. The van der Waals surface area contributed by atoms with Gasteiger partial charge in [-0.1, -0.05) is 12.8 Å². The minimum absolute atomic E-state index is 0.226. The third kappa shape index (κ3) is 3.26. The number of ether oxygens (including phenoxy) is 2. The Bertz CT molecular complexity index is 318. The Morgan fingerprint density at radius 2 is 1.95 bits per heavy atom. The summed E-state index contributed by atoms with van der Waals surface area (Å²) in [4.78, 5) is 14.6. The number of hydrogen-bond donors (Lipinski definition) is 0. The molecule has 0 aromatic rings. The first-order valence-corrected chi connectivity index (χ1v) is 8.54. The van der Waals surface area contributed by atoms with Crippen molar-refractivity contribution >= 4 is 17.7 Å². The lowest BCUT2D eigenvalue weighted by atomic mass is 9.93. The number of fused-ring (bicyclic) bond motifs is 1. The monoisotopic (exact) mass is 285 g/mol. The van der Waals surface area contributed by atoms with Crippen LogP contribution >= 0.6 is 11.8 Å². The number of carbonyl (C=O) groups excluding carboxylic acids is 1. The molecular weight excluding hydrogens is 262 g/mol. The van der Waals surface area contributed by atoms with E-state index in [4.69, 9.17) is 9.47 Å². The molecule has 19 heavy (non-hydrogen) atoms. The lowest BCUT2D eigenvalue weighted by Gasteiger charge is -2.44. The number of amides is 1. The topological polar surface area (TPSA) is 38.8 Å². The fourth-order valence-electron chi connectivity index (χ4n) is 3.32. The van der Waals surface area contributed by atoms with Crippen molar-refractivity contribution in [3.05, 3.63) is 0 Å². The maximum Gasteiger partial charge on any atom is 0.228 e. The van der Waals surface area contributed by atoms with Crippen LogP contribution < -0.4 is 0 Å². The molecule has 2 atom stereocenters. The normalized spacial score (nSPS) is 32.9. The molecule has 1 aliphatic carbocycles. The van der Waals surface area contributed by atoms with Gasteiger partial charge in [-0.2, -0.15) is 11.8 Å². The minimum atomic E-state index is -0.308. The molecule has 3 rings (SSSR count). The highest BCUT2D eigenvalue weighted by Crippen LogP contribution is 2.35. The third-order valence-electron chi connectivity index (χ3n) is 4.29. The highest BCUT2D eigenvalue weighted by molar-refractivity contribution is 8.00. The fourth-order valence-corrected chi connectivity index (χ4v) is 4.76. The second kappa shape index (κ2) is 6.46. The van der Waals surface area contributed by atoms with Crippen molar-refractivity contribution in [2.45, 2.75) is 56.1 Å². The summed E-state index contributed by atoms with van der Waals surface area (Å²) in [7, 11) is 0. The third-order valence-corrected chi connectivity index (χ3v) is 5.69. The van der Waals surface area contributed by atoms with Crippen LogP contribution in [0.1, 0.15) is 38.5 Å². The average Bonchev–Trinajstić information content (AvgIpc) is 2.47. The Kier molecular flexibility index (Phi) is 4.66. The van der Waals surface area contributed by atoms with Gasteiger partial charge in [-0.3, -0.25) is 4.79 Å². The molecule has 1 saturated carbocycles. The van der Waals surface area contributed by atoms with Crippen LogP contribution in [0.25, 0.3) is 0 Å². The second-order valence-corrected chi connectivity index (χ2v) is 6.92. The van der Waals surface area contributed by atoms with Gasteiger partial charge < -0.3 is 14.4 Å². The summed E-state index contributed by atoms with van der Waals surface area (Å²) in [5.74, 6) is 1.31. The Labute approximate surface area is 119 Å². The van der Waals surface area contributed by atoms with E-state index in [0.717, 1.165) is 31.9 Å². The quantitative estimate of drug-likeness (QED) is 0.778.